The number of carbonyl (C=O) groups is 1. The number of anilines is 2. The second-order valence-electron chi connectivity index (χ2n) is 7.63. The maximum Gasteiger partial charge on any atom is 0.264 e. The topological polar surface area (TPSA) is 75.7 Å². The maximum atomic E-state index is 12.9. The summed E-state index contributed by atoms with van der Waals surface area (Å²) in [7, 11) is -2.22. The van der Waals surface area contributed by atoms with Crippen LogP contribution in [-0.2, 0) is 10.0 Å². The van der Waals surface area contributed by atoms with E-state index in [0.717, 1.165) is 4.47 Å². The fourth-order valence-electron chi connectivity index (χ4n) is 2.91. The van der Waals surface area contributed by atoms with E-state index < -0.39 is 10.0 Å². The number of para-hydroxylation sites is 1. The van der Waals surface area contributed by atoms with Gasteiger partial charge in [-0.05, 0) is 60.5 Å². The second-order valence-corrected chi connectivity index (χ2v) is 10.5. The van der Waals surface area contributed by atoms with Crippen molar-refractivity contribution in [3.8, 4) is 5.75 Å². The van der Waals surface area contributed by atoms with E-state index in [1.54, 1.807) is 48.5 Å². The van der Waals surface area contributed by atoms with Gasteiger partial charge in [0, 0.05) is 17.2 Å². The lowest BCUT2D eigenvalue weighted by molar-refractivity contribution is 0.102. The number of rotatable bonds is 8. The molecule has 0 heterocycles. The van der Waals surface area contributed by atoms with Crippen LogP contribution in [0.1, 0.15) is 24.2 Å². The smallest absolute Gasteiger partial charge is 0.264 e. The third-order valence-corrected chi connectivity index (χ3v) is 6.94. The number of benzene rings is 3. The van der Waals surface area contributed by atoms with E-state index in [4.69, 9.17) is 4.74 Å². The van der Waals surface area contributed by atoms with Gasteiger partial charge in [0.05, 0.1) is 22.8 Å². The summed E-state index contributed by atoms with van der Waals surface area (Å²) in [6.45, 7) is 4.55. The second kappa shape index (κ2) is 10.2. The van der Waals surface area contributed by atoms with Gasteiger partial charge in [0.2, 0.25) is 0 Å². The molecule has 1 amide bonds. The number of nitrogens with one attached hydrogen (secondary N) is 1. The van der Waals surface area contributed by atoms with Crippen LogP contribution >= 0.6 is 15.9 Å². The van der Waals surface area contributed by atoms with Crippen LogP contribution in [0.2, 0.25) is 0 Å². The van der Waals surface area contributed by atoms with Crippen LogP contribution in [0.3, 0.4) is 0 Å². The quantitative estimate of drug-likeness (QED) is 0.425. The summed E-state index contributed by atoms with van der Waals surface area (Å²) in [5, 5.41) is 2.80. The molecule has 3 rings (SSSR count). The molecule has 0 radical (unpaired) electrons. The summed E-state index contributed by atoms with van der Waals surface area (Å²) in [6.07, 6.45) is 0. The van der Waals surface area contributed by atoms with Crippen molar-refractivity contribution in [1.82, 2.24) is 0 Å². The number of hydrogen-bond donors (Lipinski definition) is 1. The van der Waals surface area contributed by atoms with Crippen LogP contribution in [0.5, 0.6) is 5.75 Å². The van der Waals surface area contributed by atoms with Crippen LogP contribution in [0.15, 0.2) is 82.2 Å². The molecule has 1 N–H and O–H groups in total. The minimum atomic E-state index is -3.72. The first-order chi connectivity index (χ1) is 15.2. The van der Waals surface area contributed by atoms with Gasteiger partial charge in [0.1, 0.15) is 5.75 Å². The van der Waals surface area contributed by atoms with E-state index in [0.29, 0.717) is 35.2 Å². The first-order valence-corrected chi connectivity index (χ1v) is 12.3. The summed E-state index contributed by atoms with van der Waals surface area (Å²) < 4.78 is 33.6. The van der Waals surface area contributed by atoms with E-state index in [1.165, 1.54) is 23.5 Å². The molecule has 0 aliphatic carbocycles. The molecule has 3 aromatic carbocycles. The first kappa shape index (κ1) is 23.8. The normalized spacial score (nSPS) is 11.3. The number of halogens is 1. The van der Waals surface area contributed by atoms with Crippen molar-refractivity contribution in [3.05, 3.63) is 82.8 Å². The molecule has 0 spiro atoms. The molecule has 168 valence electrons. The Morgan fingerprint density at radius 2 is 1.69 bits per heavy atom. The molecular formula is C24H25BrN2O4S. The van der Waals surface area contributed by atoms with Crippen LogP contribution in [-0.4, -0.2) is 28.0 Å². The van der Waals surface area contributed by atoms with Gasteiger partial charge in [0.25, 0.3) is 15.9 Å². The molecule has 0 atom stereocenters. The molecule has 8 heteroatoms. The van der Waals surface area contributed by atoms with Crippen LogP contribution in [0, 0.1) is 5.92 Å². The molecule has 0 aliphatic heterocycles. The van der Waals surface area contributed by atoms with Crippen molar-refractivity contribution in [2.45, 2.75) is 18.7 Å². The third-order valence-electron chi connectivity index (χ3n) is 4.65. The number of ether oxygens (including phenoxy) is 1. The highest BCUT2D eigenvalue weighted by Crippen LogP contribution is 2.26. The zero-order chi connectivity index (χ0) is 23.3. The Labute approximate surface area is 197 Å². The molecule has 0 bridgehead atoms. The lowest BCUT2D eigenvalue weighted by Gasteiger charge is -2.19. The minimum Gasteiger partial charge on any atom is -0.492 e. The maximum absolute atomic E-state index is 12.9. The molecule has 0 unspecified atom stereocenters. The largest absolute Gasteiger partial charge is 0.492 e. The third kappa shape index (κ3) is 5.69. The number of nitrogens with zero attached hydrogens (tertiary/aromatic N) is 1. The Balaban J connectivity index is 1.78. The highest BCUT2D eigenvalue weighted by molar-refractivity contribution is 9.10. The molecule has 3 aromatic rings. The molecule has 6 nitrogen and oxygen atoms in total. The van der Waals surface area contributed by atoms with Gasteiger partial charge < -0.3 is 10.1 Å². The fourth-order valence-corrected chi connectivity index (χ4v) is 4.46. The average Bonchev–Trinajstić information content (AvgIpc) is 2.78. The van der Waals surface area contributed by atoms with E-state index >= 15 is 0 Å². The predicted octanol–water partition coefficient (Wildman–Crippen LogP) is 5.56. The lowest BCUT2D eigenvalue weighted by Crippen LogP contribution is -2.26. The summed E-state index contributed by atoms with van der Waals surface area (Å²) in [6, 6.07) is 20.2. The van der Waals surface area contributed by atoms with Crippen LogP contribution in [0.25, 0.3) is 0 Å². The SMILES string of the molecule is CC(C)COc1ccc(Br)cc1C(=O)Nc1ccc(S(=O)(=O)N(C)c2ccccc2)cc1. The van der Waals surface area contributed by atoms with Crippen molar-refractivity contribution in [2.75, 3.05) is 23.3 Å². The van der Waals surface area contributed by atoms with Gasteiger partial charge in [-0.15, -0.1) is 0 Å². The Kier molecular flexibility index (Phi) is 7.58. The lowest BCUT2D eigenvalue weighted by atomic mass is 10.1. The van der Waals surface area contributed by atoms with Gasteiger partial charge in [-0.1, -0.05) is 48.0 Å². The summed E-state index contributed by atoms with van der Waals surface area (Å²) in [5.41, 5.74) is 1.43. The zero-order valence-corrected chi connectivity index (χ0v) is 20.5. The Bertz CT molecular complexity index is 1180. The van der Waals surface area contributed by atoms with Crippen LogP contribution in [0.4, 0.5) is 11.4 Å². The van der Waals surface area contributed by atoms with Crippen molar-refractivity contribution in [2.24, 2.45) is 5.92 Å². The fraction of sp³-hybridized carbons (Fsp3) is 0.208. The average molecular weight is 517 g/mol. The Morgan fingerprint density at radius 3 is 2.31 bits per heavy atom. The summed E-state index contributed by atoms with van der Waals surface area (Å²) in [4.78, 5) is 13.0. The van der Waals surface area contributed by atoms with E-state index in [2.05, 4.69) is 21.2 Å². The predicted molar refractivity (Wildman–Crippen MR) is 131 cm³/mol. The minimum absolute atomic E-state index is 0.130. The Morgan fingerprint density at radius 1 is 1.03 bits per heavy atom. The number of sulfonamides is 1. The zero-order valence-electron chi connectivity index (χ0n) is 18.1. The highest BCUT2D eigenvalue weighted by Gasteiger charge is 2.21. The van der Waals surface area contributed by atoms with Crippen molar-refractivity contribution in [1.29, 1.82) is 0 Å². The Hall–Kier alpha value is -2.84. The van der Waals surface area contributed by atoms with E-state index in [-0.39, 0.29) is 10.8 Å². The van der Waals surface area contributed by atoms with Crippen molar-refractivity contribution < 1.29 is 17.9 Å². The van der Waals surface area contributed by atoms with Gasteiger partial charge in [-0.2, -0.15) is 0 Å². The number of hydrogen-bond acceptors (Lipinski definition) is 4. The van der Waals surface area contributed by atoms with Gasteiger partial charge >= 0.3 is 0 Å². The molecule has 0 aromatic heterocycles. The van der Waals surface area contributed by atoms with Gasteiger partial charge in [0.15, 0.2) is 0 Å². The molecule has 0 saturated carbocycles. The van der Waals surface area contributed by atoms with E-state index in [9.17, 15) is 13.2 Å². The molecule has 0 saturated heterocycles. The summed E-state index contributed by atoms with van der Waals surface area (Å²) >= 11 is 3.39. The van der Waals surface area contributed by atoms with Crippen molar-refractivity contribution >= 4 is 43.2 Å². The monoisotopic (exact) mass is 516 g/mol. The number of amides is 1. The van der Waals surface area contributed by atoms with Crippen molar-refractivity contribution in [3.63, 3.8) is 0 Å². The highest BCUT2D eigenvalue weighted by atomic mass is 79.9. The number of carbonyl (C=O) groups excluding carboxylic acids is 1. The van der Waals surface area contributed by atoms with Gasteiger partial charge in [-0.25, -0.2) is 8.42 Å². The molecule has 0 fully saturated rings. The van der Waals surface area contributed by atoms with Crippen LogP contribution < -0.4 is 14.4 Å². The molecule has 0 aliphatic rings. The van der Waals surface area contributed by atoms with E-state index in [1.807, 2.05) is 26.0 Å². The summed E-state index contributed by atoms with van der Waals surface area (Å²) in [5.74, 6) is 0.461. The van der Waals surface area contributed by atoms with Gasteiger partial charge in [-0.3, -0.25) is 9.10 Å². The standard InChI is InChI=1S/C24H25BrN2O4S/c1-17(2)16-31-23-14-9-18(25)15-22(23)24(28)26-19-10-12-21(13-11-19)32(29,30)27(3)20-7-5-4-6-8-20/h4-15,17H,16H2,1-3H3,(H,26,28). The first-order valence-electron chi connectivity index (χ1n) is 10.1. The molecular weight excluding hydrogens is 492 g/mol. The molecule has 32 heavy (non-hydrogen) atoms.